The Labute approximate surface area is 104 Å². The first-order chi connectivity index (χ1) is 8.72. The molecular formula is C12H12N4O2. The number of nitrogens with zero attached hydrogens (tertiary/aromatic N) is 3. The fraction of sp³-hybridized carbons (Fsp3) is 0.167. The van der Waals surface area contributed by atoms with Crippen LogP contribution in [0.1, 0.15) is 6.92 Å². The van der Waals surface area contributed by atoms with E-state index in [1.807, 2.05) is 6.92 Å². The molecule has 0 spiro atoms. The molecule has 0 bridgehead atoms. The molecule has 6 nitrogen and oxygen atoms in total. The number of rotatable bonds is 4. The molecule has 0 aliphatic rings. The van der Waals surface area contributed by atoms with Crippen molar-refractivity contribution in [2.24, 2.45) is 0 Å². The zero-order chi connectivity index (χ0) is 13.0. The zero-order valence-electron chi connectivity index (χ0n) is 9.83. The van der Waals surface area contributed by atoms with E-state index in [0.29, 0.717) is 23.6 Å². The molecule has 0 saturated heterocycles. The normalized spacial score (nSPS) is 10.1. The smallest absolute Gasteiger partial charge is 0.270 e. The summed E-state index contributed by atoms with van der Waals surface area (Å²) in [7, 11) is 0. The highest BCUT2D eigenvalue weighted by atomic mass is 16.6. The predicted molar refractivity (Wildman–Crippen MR) is 68.3 cm³/mol. The monoisotopic (exact) mass is 244 g/mol. The molecule has 0 saturated carbocycles. The standard InChI is InChI=1S/C12H12N4O2/c1-2-13-12-11(14-6-7-15-12)9-4-3-5-10(8-9)16(17)18/h3-8H,2H2,1H3,(H,13,15). The van der Waals surface area contributed by atoms with Crippen molar-refractivity contribution in [2.75, 3.05) is 11.9 Å². The van der Waals surface area contributed by atoms with Gasteiger partial charge >= 0.3 is 0 Å². The summed E-state index contributed by atoms with van der Waals surface area (Å²) in [5, 5.41) is 13.8. The van der Waals surface area contributed by atoms with Gasteiger partial charge in [0.1, 0.15) is 5.69 Å². The molecular weight excluding hydrogens is 232 g/mol. The lowest BCUT2D eigenvalue weighted by Gasteiger charge is -2.07. The van der Waals surface area contributed by atoms with Crippen LogP contribution in [-0.4, -0.2) is 21.4 Å². The van der Waals surface area contributed by atoms with E-state index >= 15 is 0 Å². The van der Waals surface area contributed by atoms with Gasteiger partial charge in [-0.05, 0) is 6.92 Å². The molecule has 0 aliphatic carbocycles. The molecule has 1 heterocycles. The van der Waals surface area contributed by atoms with Crippen molar-refractivity contribution in [3.05, 3.63) is 46.8 Å². The lowest BCUT2D eigenvalue weighted by Crippen LogP contribution is -2.02. The lowest BCUT2D eigenvalue weighted by molar-refractivity contribution is -0.384. The van der Waals surface area contributed by atoms with Crippen molar-refractivity contribution < 1.29 is 4.92 Å². The molecule has 0 amide bonds. The summed E-state index contributed by atoms with van der Waals surface area (Å²) < 4.78 is 0. The molecule has 0 fully saturated rings. The molecule has 2 aromatic rings. The van der Waals surface area contributed by atoms with E-state index in [0.717, 1.165) is 0 Å². The predicted octanol–water partition coefficient (Wildman–Crippen LogP) is 2.48. The van der Waals surface area contributed by atoms with Crippen LogP contribution in [0.2, 0.25) is 0 Å². The van der Waals surface area contributed by atoms with Crippen molar-refractivity contribution in [1.82, 2.24) is 9.97 Å². The highest BCUT2D eigenvalue weighted by Crippen LogP contribution is 2.26. The third-order valence-electron chi connectivity index (χ3n) is 2.37. The molecule has 18 heavy (non-hydrogen) atoms. The van der Waals surface area contributed by atoms with Gasteiger partial charge in [0.05, 0.1) is 4.92 Å². The number of anilines is 1. The van der Waals surface area contributed by atoms with Gasteiger partial charge in [-0.1, -0.05) is 12.1 Å². The molecule has 0 unspecified atom stereocenters. The number of hydrogen-bond acceptors (Lipinski definition) is 5. The van der Waals surface area contributed by atoms with E-state index in [9.17, 15) is 10.1 Å². The van der Waals surface area contributed by atoms with Gasteiger partial charge in [-0.15, -0.1) is 0 Å². The number of nitro benzene ring substituents is 1. The van der Waals surface area contributed by atoms with Crippen LogP contribution in [0.5, 0.6) is 0 Å². The maximum atomic E-state index is 10.7. The van der Waals surface area contributed by atoms with E-state index in [-0.39, 0.29) is 5.69 Å². The summed E-state index contributed by atoms with van der Waals surface area (Å²) in [6.45, 7) is 2.66. The third kappa shape index (κ3) is 2.42. The average Bonchev–Trinajstić information content (AvgIpc) is 2.40. The van der Waals surface area contributed by atoms with Gasteiger partial charge in [0.15, 0.2) is 5.82 Å². The largest absolute Gasteiger partial charge is 0.369 e. The summed E-state index contributed by atoms with van der Waals surface area (Å²) in [6, 6.07) is 6.35. The number of nitrogens with one attached hydrogen (secondary N) is 1. The van der Waals surface area contributed by atoms with Gasteiger partial charge in [0, 0.05) is 36.6 Å². The molecule has 1 N–H and O–H groups in total. The second-order valence-electron chi connectivity index (χ2n) is 3.59. The minimum atomic E-state index is -0.424. The Morgan fingerprint density at radius 2 is 2.11 bits per heavy atom. The van der Waals surface area contributed by atoms with Crippen molar-refractivity contribution in [2.45, 2.75) is 6.92 Å². The molecule has 1 aromatic carbocycles. The zero-order valence-corrected chi connectivity index (χ0v) is 9.83. The number of benzene rings is 1. The second-order valence-corrected chi connectivity index (χ2v) is 3.59. The van der Waals surface area contributed by atoms with Crippen molar-refractivity contribution in [3.63, 3.8) is 0 Å². The van der Waals surface area contributed by atoms with E-state index < -0.39 is 4.92 Å². The van der Waals surface area contributed by atoms with Crippen LogP contribution in [0.25, 0.3) is 11.3 Å². The Kier molecular flexibility index (Phi) is 3.47. The maximum absolute atomic E-state index is 10.7. The first-order valence-electron chi connectivity index (χ1n) is 5.52. The van der Waals surface area contributed by atoms with Crippen LogP contribution in [0.4, 0.5) is 11.5 Å². The molecule has 6 heteroatoms. The summed E-state index contributed by atoms with van der Waals surface area (Å²) in [5.41, 5.74) is 1.33. The van der Waals surface area contributed by atoms with E-state index in [1.165, 1.54) is 12.1 Å². The summed E-state index contributed by atoms with van der Waals surface area (Å²) in [4.78, 5) is 18.7. The van der Waals surface area contributed by atoms with Crippen LogP contribution in [-0.2, 0) is 0 Å². The number of aromatic nitrogens is 2. The Morgan fingerprint density at radius 1 is 1.33 bits per heavy atom. The molecule has 92 valence electrons. The summed E-state index contributed by atoms with van der Waals surface area (Å²) in [6.07, 6.45) is 3.15. The second kappa shape index (κ2) is 5.22. The number of hydrogen-bond donors (Lipinski definition) is 1. The van der Waals surface area contributed by atoms with Crippen LogP contribution in [0.15, 0.2) is 36.7 Å². The SMILES string of the molecule is CCNc1nccnc1-c1cccc([N+](=O)[O-])c1. The molecule has 0 atom stereocenters. The minimum absolute atomic E-state index is 0.0422. The third-order valence-corrected chi connectivity index (χ3v) is 2.37. The van der Waals surface area contributed by atoms with Crippen molar-refractivity contribution in [1.29, 1.82) is 0 Å². The van der Waals surface area contributed by atoms with Crippen LogP contribution in [0, 0.1) is 10.1 Å². The fourth-order valence-corrected chi connectivity index (χ4v) is 1.61. The highest BCUT2D eigenvalue weighted by molar-refractivity contribution is 5.72. The first-order valence-corrected chi connectivity index (χ1v) is 5.52. The van der Waals surface area contributed by atoms with Gasteiger partial charge in [-0.2, -0.15) is 0 Å². The summed E-state index contributed by atoms with van der Waals surface area (Å²) in [5.74, 6) is 0.625. The van der Waals surface area contributed by atoms with Gasteiger partial charge in [0.2, 0.25) is 0 Å². The van der Waals surface area contributed by atoms with Gasteiger partial charge in [-0.25, -0.2) is 4.98 Å². The van der Waals surface area contributed by atoms with Gasteiger partial charge < -0.3 is 5.32 Å². The van der Waals surface area contributed by atoms with Crippen LogP contribution in [0.3, 0.4) is 0 Å². The van der Waals surface area contributed by atoms with Gasteiger partial charge in [-0.3, -0.25) is 15.1 Å². The van der Waals surface area contributed by atoms with Crippen LogP contribution >= 0.6 is 0 Å². The topological polar surface area (TPSA) is 81.0 Å². The van der Waals surface area contributed by atoms with Crippen LogP contribution < -0.4 is 5.32 Å². The Bertz CT molecular complexity index is 572. The first kappa shape index (κ1) is 12.0. The Morgan fingerprint density at radius 3 is 2.83 bits per heavy atom. The highest BCUT2D eigenvalue weighted by Gasteiger charge is 2.11. The van der Waals surface area contributed by atoms with E-state index in [4.69, 9.17) is 0 Å². The molecule has 0 radical (unpaired) electrons. The van der Waals surface area contributed by atoms with E-state index in [2.05, 4.69) is 15.3 Å². The molecule has 2 rings (SSSR count). The summed E-state index contributed by atoms with van der Waals surface area (Å²) >= 11 is 0. The molecule has 0 aliphatic heterocycles. The minimum Gasteiger partial charge on any atom is -0.369 e. The number of non-ortho nitro benzene ring substituents is 1. The lowest BCUT2D eigenvalue weighted by atomic mass is 10.1. The quantitative estimate of drug-likeness (QED) is 0.660. The van der Waals surface area contributed by atoms with Crippen molar-refractivity contribution >= 4 is 11.5 Å². The Balaban J connectivity index is 2.48. The van der Waals surface area contributed by atoms with Crippen molar-refractivity contribution in [3.8, 4) is 11.3 Å². The Hall–Kier alpha value is -2.50. The molecule has 1 aromatic heterocycles. The maximum Gasteiger partial charge on any atom is 0.270 e. The number of nitro groups is 1. The van der Waals surface area contributed by atoms with E-state index in [1.54, 1.807) is 24.5 Å². The fourth-order valence-electron chi connectivity index (χ4n) is 1.61. The average molecular weight is 244 g/mol. The van der Waals surface area contributed by atoms with Gasteiger partial charge in [0.25, 0.3) is 5.69 Å².